The van der Waals surface area contributed by atoms with Gasteiger partial charge in [0.25, 0.3) is 5.82 Å². The maximum atomic E-state index is 4.82. The molecule has 0 radical (unpaired) electrons. The molecule has 0 aliphatic rings. The number of aromatic amines is 1. The topological polar surface area (TPSA) is 39.7 Å². The van der Waals surface area contributed by atoms with Gasteiger partial charge in [0.15, 0.2) is 12.4 Å². The van der Waals surface area contributed by atoms with Gasteiger partial charge in [0, 0.05) is 25.8 Å². The van der Waals surface area contributed by atoms with Gasteiger partial charge in [-0.2, -0.15) is 0 Å². The number of pyridine rings is 2. The smallest absolute Gasteiger partial charge is 0.349 e. The average Bonchev–Trinajstić information content (AvgIpc) is 3.13. The standard InChI is InChI=1S/C23H24N5/c1-26(2)19-11-8-17(9-12-19)7-10-18-13-15-27(3)16-20(18)22-24-21-6-5-14-28(4)23(21)25-22/h5-16H,1-4H3/q+1/p+1. The minimum absolute atomic E-state index is 0.871. The van der Waals surface area contributed by atoms with Crippen LogP contribution in [0.1, 0.15) is 11.1 Å². The molecule has 28 heavy (non-hydrogen) atoms. The number of hydrogen-bond donors (Lipinski definition) is 1. The highest BCUT2D eigenvalue weighted by molar-refractivity contribution is 5.81. The molecule has 0 aliphatic carbocycles. The summed E-state index contributed by atoms with van der Waals surface area (Å²) < 4.78 is 4.08. The van der Waals surface area contributed by atoms with Crippen LogP contribution in [0.25, 0.3) is 34.7 Å². The van der Waals surface area contributed by atoms with Crippen molar-refractivity contribution in [2.45, 2.75) is 0 Å². The van der Waals surface area contributed by atoms with Gasteiger partial charge in [-0.1, -0.05) is 24.3 Å². The monoisotopic (exact) mass is 371 g/mol. The summed E-state index contributed by atoms with van der Waals surface area (Å²) in [6.07, 6.45) is 10.5. The maximum absolute atomic E-state index is 4.82. The van der Waals surface area contributed by atoms with Gasteiger partial charge in [-0.3, -0.25) is 0 Å². The number of rotatable bonds is 4. The van der Waals surface area contributed by atoms with E-state index in [1.165, 1.54) is 11.3 Å². The molecule has 4 aromatic rings. The predicted molar refractivity (Wildman–Crippen MR) is 114 cm³/mol. The van der Waals surface area contributed by atoms with E-state index in [-0.39, 0.29) is 0 Å². The summed E-state index contributed by atoms with van der Waals surface area (Å²) in [5.74, 6) is 0.871. The van der Waals surface area contributed by atoms with Crippen LogP contribution in [0.3, 0.4) is 0 Å². The van der Waals surface area contributed by atoms with Crippen LogP contribution in [0.2, 0.25) is 0 Å². The van der Waals surface area contributed by atoms with Gasteiger partial charge in [0.05, 0.1) is 13.2 Å². The molecule has 4 rings (SSSR count). The van der Waals surface area contributed by atoms with Gasteiger partial charge in [-0.25, -0.2) is 9.13 Å². The predicted octanol–water partition coefficient (Wildman–Crippen LogP) is 3.12. The average molecular weight is 371 g/mol. The van der Waals surface area contributed by atoms with Crippen LogP contribution >= 0.6 is 0 Å². The quantitative estimate of drug-likeness (QED) is 0.560. The SMILES string of the molecule is CN(C)c1ccc(/C=C/c2cc[n+](C)cc2-c2nc3c(ccc[n+]3C)[nH]2)cc1. The van der Waals surface area contributed by atoms with E-state index in [2.05, 4.69) is 84.9 Å². The lowest BCUT2D eigenvalue weighted by atomic mass is 10.1. The van der Waals surface area contributed by atoms with Crippen molar-refractivity contribution in [1.29, 1.82) is 0 Å². The molecule has 3 aromatic heterocycles. The van der Waals surface area contributed by atoms with E-state index in [4.69, 9.17) is 4.98 Å². The van der Waals surface area contributed by atoms with E-state index in [9.17, 15) is 0 Å². The van der Waals surface area contributed by atoms with Gasteiger partial charge in [0.1, 0.15) is 18.1 Å². The Morgan fingerprint density at radius 2 is 1.75 bits per heavy atom. The van der Waals surface area contributed by atoms with Crippen molar-refractivity contribution < 1.29 is 9.13 Å². The number of nitrogens with zero attached hydrogens (tertiary/aromatic N) is 4. The molecule has 0 spiro atoms. The first-order valence-electron chi connectivity index (χ1n) is 9.31. The normalized spacial score (nSPS) is 11.4. The lowest BCUT2D eigenvalue weighted by Crippen LogP contribution is -2.28. The summed E-state index contributed by atoms with van der Waals surface area (Å²) in [4.78, 5) is 10.4. The van der Waals surface area contributed by atoms with Crippen molar-refractivity contribution >= 4 is 29.0 Å². The Kier molecular flexibility index (Phi) is 4.65. The zero-order valence-electron chi connectivity index (χ0n) is 16.7. The molecular formula is C23H25N5+2. The second kappa shape index (κ2) is 7.27. The fraction of sp³-hybridized carbons (Fsp3) is 0.174. The Labute approximate surface area is 165 Å². The van der Waals surface area contributed by atoms with Crippen LogP contribution in [0, 0.1) is 0 Å². The first-order chi connectivity index (χ1) is 13.5. The van der Waals surface area contributed by atoms with Crippen molar-refractivity contribution in [3.8, 4) is 11.4 Å². The summed E-state index contributed by atoms with van der Waals surface area (Å²) in [5, 5.41) is 0. The molecule has 0 saturated heterocycles. The molecule has 1 N–H and O–H groups in total. The summed E-state index contributed by atoms with van der Waals surface area (Å²) in [6.45, 7) is 0. The lowest BCUT2D eigenvalue weighted by molar-refractivity contribution is -0.671. The minimum Gasteiger partial charge on any atom is -0.378 e. The molecule has 5 nitrogen and oxygen atoms in total. The third-order valence-electron chi connectivity index (χ3n) is 4.87. The maximum Gasteiger partial charge on any atom is 0.349 e. The molecule has 1 aromatic carbocycles. The number of aromatic nitrogens is 4. The van der Waals surface area contributed by atoms with E-state index >= 15 is 0 Å². The van der Waals surface area contributed by atoms with Crippen molar-refractivity contribution in [2.24, 2.45) is 14.1 Å². The van der Waals surface area contributed by atoms with Gasteiger partial charge in [0.2, 0.25) is 0 Å². The molecule has 0 fully saturated rings. The molecule has 3 heterocycles. The molecule has 0 unspecified atom stereocenters. The highest BCUT2D eigenvalue weighted by Crippen LogP contribution is 2.23. The number of fused-ring (bicyclic) bond motifs is 1. The third-order valence-corrected chi connectivity index (χ3v) is 4.87. The van der Waals surface area contributed by atoms with Crippen LogP contribution in [0.5, 0.6) is 0 Å². The molecule has 0 amide bonds. The Balaban J connectivity index is 1.73. The highest BCUT2D eigenvalue weighted by atomic mass is 15.1. The number of hydrogen-bond acceptors (Lipinski definition) is 2. The lowest BCUT2D eigenvalue weighted by Gasteiger charge is -2.11. The molecular weight excluding hydrogens is 346 g/mol. The Bertz CT molecular complexity index is 1150. The zero-order valence-corrected chi connectivity index (χ0v) is 16.7. The largest absolute Gasteiger partial charge is 0.378 e. The molecule has 0 aliphatic heterocycles. The van der Waals surface area contributed by atoms with E-state index in [0.717, 1.165) is 28.1 Å². The second-order valence-corrected chi connectivity index (χ2v) is 7.24. The summed E-state index contributed by atoms with van der Waals surface area (Å²) in [5.41, 5.74) is 6.53. The minimum atomic E-state index is 0.871. The van der Waals surface area contributed by atoms with Crippen LogP contribution in [-0.4, -0.2) is 24.1 Å². The van der Waals surface area contributed by atoms with Gasteiger partial charge >= 0.3 is 5.65 Å². The Morgan fingerprint density at radius 3 is 2.46 bits per heavy atom. The molecule has 140 valence electrons. The summed E-state index contributed by atoms with van der Waals surface area (Å²) in [6, 6.07) is 14.7. The number of H-pyrrole nitrogens is 1. The van der Waals surface area contributed by atoms with Crippen molar-refractivity contribution in [2.75, 3.05) is 19.0 Å². The van der Waals surface area contributed by atoms with Gasteiger partial charge in [-0.15, -0.1) is 0 Å². The first-order valence-corrected chi connectivity index (χ1v) is 9.31. The fourth-order valence-corrected chi connectivity index (χ4v) is 3.25. The van der Waals surface area contributed by atoms with Crippen LogP contribution < -0.4 is 14.0 Å². The third kappa shape index (κ3) is 3.51. The first kappa shape index (κ1) is 17.9. The van der Waals surface area contributed by atoms with Gasteiger partial charge in [-0.05, 0) is 40.4 Å². The molecule has 0 atom stereocenters. The van der Waals surface area contributed by atoms with Crippen LogP contribution in [0.4, 0.5) is 5.69 Å². The number of nitrogens with one attached hydrogen (secondary N) is 1. The fourth-order valence-electron chi connectivity index (χ4n) is 3.25. The Hall–Kier alpha value is -3.47. The van der Waals surface area contributed by atoms with Gasteiger partial charge < -0.3 is 9.88 Å². The van der Waals surface area contributed by atoms with Crippen LogP contribution in [0.15, 0.2) is 61.1 Å². The van der Waals surface area contributed by atoms with Crippen LogP contribution in [-0.2, 0) is 14.1 Å². The zero-order chi connectivity index (χ0) is 19.7. The van der Waals surface area contributed by atoms with E-state index in [1.807, 2.05) is 35.5 Å². The number of aryl methyl sites for hydroxylation is 2. The molecule has 0 saturated carbocycles. The van der Waals surface area contributed by atoms with E-state index in [1.54, 1.807) is 0 Å². The van der Waals surface area contributed by atoms with E-state index in [0.29, 0.717) is 0 Å². The molecule has 5 heteroatoms. The summed E-state index contributed by atoms with van der Waals surface area (Å²) >= 11 is 0. The number of anilines is 1. The Morgan fingerprint density at radius 1 is 0.964 bits per heavy atom. The van der Waals surface area contributed by atoms with Crippen molar-refractivity contribution in [3.63, 3.8) is 0 Å². The number of imidazole rings is 1. The van der Waals surface area contributed by atoms with Crippen molar-refractivity contribution in [1.82, 2.24) is 9.97 Å². The van der Waals surface area contributed by atoms with Crippen molar-refractivity contribution in [3.05, 3.63) is 72.2 Å². The van der Waals surface area contributed by atoms with E-state index < -0.39 is 0 Å². The number of benzene rings is 1. The molecule has 0 bridgehead atoms. The second-order valence-electron chi connectivity index (χ2n) is 7.24. The highest BCUT2D eigenvalue weighted by Gasteiger charge is 2.19. The summed E-state index contributed by atoms with van der Waals surface area (Å²) in [7, 11) is 8.14.